The van der Waals surface area contributed by atoms with Gasteiger partial charge in [0, 0.05) is 6.20 Å². The van der Waals surface area contributed by atoms with Gasteiger partial charge in [-0.05, 0) is 12.1 Å². The van der Waals surface area contributed by atoms with Gasteiger partial charge in [0.15, 0.2) is 0 Å². The minimum Gasteiger partial charge on any atom is -0.545 e. The van der Waals surface area contributed by atoms with Gasteiger partial charge in [0.25, 0.3) is 0 Å². The molecule has 0 spiro atoms. The normalized spacial score (nSPS) is 10.3. The summed E-state index contributed by atoms with van der Waals surface area (Å²) in [7, 11) is 2.85. The molecule has 2 rings (SSSR count). The molecule has 6 nitrogen and oxygen atoms in total. The van der Waals surface area contributed by atoms with Gasteiger partial charge in [-0.25, -0.2) is 0 Å². The van der Waals surface area contributed by atoms with Crippen molar-refractivity contribution in [1.29, 1.82) is 0 Å². The van der Waals surface area contributed by atoms with Crippen LogP contribution in [0.3, 0.4) is 0 Å². The number of methoxy groups -OCH3 is 2. The number of benzene rings is 1. The largest absolute Gasteiger partial charge is 0.545 e. The smallest absolute Gasteiger partial charge is 0.202 e. The topological polar surface area (TPSA) is 91.4 Å². The van der Waals surface area contributed by atoms with Crippen LogP contribution in [0.4, 0.5) is 0 Å². The molecule has 0 unspecified atom stereocenters. The Bertz CT molecular complexity index is 674. The number of hydrogen-bond donors (Lipinski definition) is 1. The van der Waals surface area contributed by atoms with Crippen LogP contribution in [0.15, 0.2) is 23.1 Å². The maximum Gasteiger partial charge on any atom is 0.202 e. The molecular formula is C12H10NO5-. The fraction of sp³-hybridized carbons (Fsp3) is 0.167. The number of rotatable bonds is 3. The third-order valence-electron chi connectivity index (χ3n) is 2.62. The van der Waals surface area contributed by atoms with Crippen molar-refractivity contribution < 1.29 is 19.4 Å². The molecule has 0 radical (unpaired) electrons. The Hall–Kier alpha value is -2.50. The van der Waals surface area contributed by atoms with Crippen LogP contribution in [0.5, 0.6) is 11.5 Å². The quantitative estimate of drug-likeness (QED) is 0.819. The zero-order valence-electron chi connectivity index (χ0n) is 9.77. The van der Waals surface area contributed by atoms with E-state index in [0.29, 0.717) is 11.3 Å². The molecule has 0 fully saturated rings. The predicted molar refractivity (Wildman–Crippen MR) is 62.0 cm³/mol. The molecule has 0 aliphatic heterocycles. The highest BCUT2D eigenvalue weighted by Crippen LogP contribution is 2.29. The highest BCUT2D eigenvalue weighted by Gasteiger charge is 2.14. The Labute approximate surface area is 102 Å². The fourth-order valence-electron chi connectivity index (χ4n) is 1.77. The first-order chi connectivity index (χ1) is 8.60. The van der Waals surface area contributed by atoms with Crippen LogP contribution in [-0.4, -0.2) is 25.2 Å². The summed E-state index contributed by atoms with van der Waals surface area (Å²) in [6.45, 7) is 0. The number of carbonyl (C=O) groups is 1. The maximum absolute atomic E-state index is 12.0. The van der Waals surface area contributed by atoms with Gasteiger partial charge >= 0.3 is 0 Å². The number of fused-ring (bicyclic) bond motifs is 1. The van der Waals surface area contributed by atoms with E-state index in [1.54, 1.807) is 6.07 Å². The number of carboxylic acid groups (broad SMARTS) is 1. The molecule has 0 aliphatic rings. The molecule has 1 aromatic carbocycles. The molecule has 94 valence electrons. The molecule has 2 aromatic rings. The third kappa shape index (κ3) is 1.67. The van der Waals surface area contributed by atoms with E-state index in [4.69, 9.17) is 9.47 Å². The zero-order chi connectivity index (χ0) is 13.3. The first kappa shape index (κ1) is 12.0. The van der Waals surface area contributed by atoms with Crippen LogP contribution in [0.25, 0.3) is 10.9 Å². The number of hydrogen-bond acceptors (Lipinski definition) is 5. The van der Waals surface area contributed by atoms with Gasteiger partial charge < -0.3 is 24.4 Å². The standard InChI is InChI=1S/C12H11NO5/c1-17-7-3-4-8(18-2)10-9(7)11(14)6(5-13-10)12(15)16/h3-5H,1-2H3,(H,13,14)(H,15,16)/p-1. The van der Waals surface area contributed by atoms with Crippen LogP contribution in [0, 0.1) is 0 Å². The number of carbonyl (C=O) groups excluding carboxylic acids is 1. The van der Waals surface area contributed by atoms with Crippen molar-refractivity contribution in [3.63, 3.8) is 0 Å². The molecule has 0 aliphatic carbocycles. The predicted octanol–water partition coefficient (Wildman–Crippen LogP) is -0.0912. The fourth-order valence-corrected chi connectivity index (χ4v) is 1.77. The van der Waals surface area contributed by atoms with Crippen LogP contribution in [-0.2, 0) is 0 Å². The molecule has 1 N–H and O–H groups in total. The number of ether oxygens (including phenoxy) is 2. The third-order valence-corrected chi connectivity index (χ3v) is 2.62. The van der Waals surface area contributed by atoms with E-state index in [2.05, 4.69) is 4.98 Å². The van der Waals surface area contributed by atoms with Gasteiger partial charge in [-0.3, -0.25) is 4.79 Å². The zero-order valence-corrected chi connectivity index (χ0v) is 9.77. The van der Waals surface area contributed by atoms with Gasteiger partial charge in [0.1, 0.15) is 11.5 Å². The summed E-state index contributed by atoms with van der Waals surface area (Å²) in [5.41, 5.74) is -0.736. The number of aromatic amines is 1. The lowest BCUT2D eigenvalue weighted by Gasteiger charge is -2.10. The second kappa shape index (κ2) is 4.40. The van der Waals surface area contributed by atoms with Crippen LogP contribution >= 0.6 is 0 Å². The molecule has 0 bridgehead atoms. The highest BCUT2D eigenvalue weighted by molar-refractivity contribution is 5.95. The van der Waals surface area contributed by atoms with E-state index in [1.807, 2.05) is 0 Å². The molecule has 1 heterocycles. The van der Waals surface area contributed by atoms with Gasteiger partial charge in [-0.1, -0.05) is 0 Å². The minimum atomic E-state index is -1.54. The number of H-pyrrole nitrogens is 1. The van der Waals surface area contributed by atoms with E-state index < -0.39 is 17.0 Å². The minimum absolute atomic E-state index is 0.124. The van der Waals surface area contributed by atoms with Crippen molar-refractivity contribution >= 4 is 16.9 Å². The van der Waals surface area contributed by atoms with Gasteiger partial charge in [0.2, 0.25) is 5.43 Å². The second-order valence-electron chi connectivity index (χ2n) is 3.54. The first-order valence-electron chi connectivity index (χ1n) is 5.08. The van der Waals surface area contributed by atoms with Crippen molar-refractivity contribution in [3.8, 4) is 11.5 Å². The number of pyridine rings is 1. The summed E-state index contributed by atoms with van der Waals surface area (Å²) in [6, 6.07) is 3.16. The SMILES string of the molecule is COc1ccc(OC)c2c(=O)c(C(=O)[O-])c[nH]c12. The number of nitrogens with one attached hydrogen (secondary N) is 1. The van der Waals surface area contributed by atoms with E-state index in [0.717, 1.165) is 6.20 Å². The summed E-state index contributed by atoms with van der Waals surface area (Å²) in [5.74, 6) is -0.842. The lowest BCUT2D eigenvalue weighted by Crippen LogP contribution is -2.29. The molecule has 0 atom stereocenters. The Morgan fingerprint density at radius 2 is 1.83 bits per heavy atom. The van der Waals surface area contributed by atoms with Gasteiger partial charge in [-0.2, -0.15) is 0 Å². The monoisotopic (exact) mass is 248 g/mol. The summed E-state index contributed by atoms with van der Waals surface area (Å²) >= 11 is 0. The molecule has 0 amide bonds. The van der Waals surface area contributed by atoms with Crippen molar-refractivity contribution in [2.45, 2.75) is 0 Å². The van der Waals surface area contributed by atoms with Gasteiger partial charge in [-0.15, -0.1) is 0 Å². The van der Waals surface area contributed by atoms with E-state index in [-0.39, 0.29) is 11.1 Å². The summed E-state index contributed by atoms with van der Waals surface area (Å²) in [4.78, 5) is 25.6. The Kier molecular flexibility index (Phi) is 2.93. The van der Waals surface area contributed by atoms with Crippen LogP contribution in [0.2, 0.25) is 0 Å². The molecule has 0 saturated heterocycles. The molecule has 18 heavy (non-hydrogen) atoms. The highest BCUT2D eigenvalue weighted by atomic mass is 16.5. The van der Waals surface area contributed by atoms with Crippen molar-refractivity contribution in [1.82, 2.24) is 4.98 Å². The van der Waals surface area contributed by atoms with Crippen molar-refractivity contribution in [3.05, 3.63) is 34.1 Å². The molecular weight excluding hydrogens is 238 g/mol. The Morgan fingerprint density at radius 1 is 1.22 bits per heavy atom. The summed E-state index contributed by atoms with van der Waals surface area (Å²) in [6.07, 6.45) is 1.09. The van der Waals surface area contributed by atoms with E-state index >= 15 is 0 Å². The van der Waals surface area contributed by atoms with Crippen molar-refractivity contribution in [2.75, 3.05) is 14.2 Å². The summed E-state index contributed by atoms with van der Waals surface area (Å²) in [5, 5.41) is 10.9. The molecule has 0 saturated carbocycles. The first-order valence-corrected chi connectivity index (χ1v) is 5.08. The van der Waals surface area contributed by atoms with E-state index in [9.17, 15) is 14.7 Å². The van der Waals surface area contributed by atoms with Crippen molar-refractivity contribution in [2.24, 2.45) is 0 Å². The second-order valence-corrected chi connectivity index (χ2v) is 3.54. The summed E-state index contributed by atoms with van der Waals surface area (Å²) < 4.78 is 10.1. The van der Waals surface area contributed by atoms with Crippen LogP contribution in [0.1, 0.15) is 10.4 Å². The average molecular weight is 248 g/mol. The molecule has 6 heteroatoms. The number of carboxylic acids is 1. The lowest BCUT2D eigenvalue weighted by atomic mass is 10.1. The average Bonchev–Trinajstić information content (AvgIpc) is 2.37. The van der Waals surface area contributed by atoms with Gasteiger partial charge in [0.05, 0.1) is 36.7 Å². The Morgan fingerprint density at radius 3 is 2.39 bits per heavy atom. The van der Waals surface area contributed by atoms with E-state index in [1.165, 1.54) is 20.3 Å². The maximum atomic E-state index is 12.0. The number of aromatic nitrogens is 1. The lowest BCUT2D eigenvalue weighted by molar-refractivity contribution is -0.255. The Balaban J connectivity index is 2.95. The van der Waals surface area contributed by atoms with Crippen LogP contribution < -0.4 is 20.0 Å². The molecule has 1 aromatic heterocycles. The number of aromatic carboxylic acids is 1.